The smallest absolute Gasteiger partial charge is 0.255 e. The highest BCUT2D eigenvalue weighted by Gasteiger charge is 2.39. The van der Waals surface area contributed by atoms with Crippen molar-refractivity contribution in [3.63, 3.8) is 0 Å². The van der Waals surface area contributed by atoms with Crippen LogP contribution in [-0.2, 0) is 22.7 Å². The third-order valence-corrected chi connectivity index (χ3v) is 6.25. The molecule has 30 heavy (non-hydrogen) atoms. The van der Waals surface area contributed by atoms with Crippen LogP contribution in [0.4, 0.5) is 0 Å². The molecule has 3 aromatic rings. The predicted octanol–water partition coefficient (Wildman–Crippen LogP) is 2.34. The van der Waals surface area contributed by atoms with Crippen LogP contribution in [0.15, 0.2) is 48.8 Å². The SMILES string of the molecule is O=C1CC[C@@H](N2Cc3cc(-c4ncn5c4-c4ccccc4C5)ccc3C2=O)C(=O)N1. The molecule has 148 valence electrons. The van der Waals surface area contributed by atoms with Gasteiger partial charge in [0.1, 0.15) is 6.04 Å². The van der Waals surface area contributed by atoms with Gasteiger partial charge in [0, 0.05) is 36.2 Å². The van der Waals surface area contributed by atoms with Gasteiger partial charge in [-0.05, 0) is 29.7 Å². The Labute approximate surface area is 172 Å². The highest BCUT2D eigenvalue weighted by molar-refractivity contribution is 6.05. The standard InChI is InChI=1S/C23H18N4O3/c28-19-8-7-18(22(29)25-19)27-11-15-9-13(5-6-17(15)23(27)30)20-21-16-4-2-1-3-14(16)10-26(21)12-24-20/h1-6,9,12,18H,7-8,10-11H2,(H,25,28,29)/t18-/m1/s1. The number of carbonyl (C=O) groups excluding carboxylic acids is 3. The second-order valence-electron chi connectivity index (χ2n) is 8.00. The maximum atomic E-state index is 12.9. The molecule has 7 heteroatoms. The minimum Gasteiger partial charge on any atom is -0.326 e. The molecule has 0 aliphatic carbocycles. The first kappa shape index (κ1) is 17.1. The topological polar surface area (TPSA) is 84.3 Å². The summed E-state index contributed by atoms with van der Waals surface area (Å²) in [5.41, 5.74) is 6.90. The molecule has 0 bridgehead atoms. The summed E-state index contributed by atoms with van der Waals surface area (Å²) in [6.45, 7) is 1.17. The van der Waals surface area contributed by atoms with Crippen molar-refractivity contribution in [3.05, 3.63) is 65.5 Å². The molecule has 4 heterocycles. The lowest BCUT2D eigenvalue weighted by atomic mass is 10.00. The van der Waals surface area contributed by atoms with Crippen LogP contribution in [0.1, 0.15) is 34.3 Å². The lowest BCUT2D eigenvalue weighted by Gasteiger charge is -2.29. The number of nitrogens with one attached hydrogen (secondary N) is 1. The van der Waals surface area contributed by atoms with E-state index in [0.29, 0.717) is 18.5 Å². The van der Waals surface area contributed by atoms with Crippen LogP contribution in [0.5, 0.6) is 0 Å². The fourth-order valence-electron chi connectivity index (χ4n) is 4.79. The van der Waals surface area contributed by atoms with Crippen molar-refractivity contribution < 1.29 is 14.4 Å². The summed E-state index contributed by atoms with van der Waals surface area (Å²) in [6.07, 6.45) is 2.48. The van der Waals surface area contributed by atoms with Gasteiger partial charge < -0.3 is 9.47 Å². The van der Waals surface area contributed by atoms with Crippen molar-refractivity contribution in [3.8, 4) is 22.5 Å². The maximum absolute atomic E-state index is 12.9. The summed E-state index contributed by atoms with van der Waals surface area (Å²) in [6, 6.07) is 13.5. The van der Waals surface area contributed by atoms with E-state index < -0.39 is 11.9 Å². The fraction of sp³-hybridized carbons (Fsp3) is 0.217. The molecule has 3 aliphatic heterocycles. The van der Waals surface area contributed by atoms with Gasteiger partial charge >= 0.3 is 0 Å². The zero-order valence-corrected chi connectivity index (χ0v) is 16.1. The molecule has 6 rings (SSSR count). The maximum Gasteiger partial charge on any atom is 0.255 e. The summed E-state index contributed by atoms with van der Waals surface area (Å²) < 4.78 is 2.15. The van der Waals surface area contributed by atoms with Crippen molar-refractivity contribution in [2.75, 3.05) is 0 Å². The number of carbonyl (C=O) groups is 3. The molecule has 3 amide bonds. The first-order valence-corrected chi connectivity index (χ1v) is 10.0. The lowest BCUT2D eigenvalue weighted by molar-refractivity contribution is -0.136. The van der Waals surface area contributed by atoms with E-state index in [2.05, 4.69) is 27.0 Å². The number of fused-ring (bicyclic) bond motifs is 4. The monoisotopic (exact) mass is 398 g/mol. The van der Waals surface area contributed by atoms with Crippen LogP contribution in [0.3, 0.4) is 0 Å². The van der Waals surface area contributed by atoms with Gasteiger partial charge in [0.05, 0.1) is 17.7 Å². The fourth-order valence-corrected chi connectivity index (χ4v) is 4.79. The second kappa shape index (κ2) is 6.13. The Morgan fingerprint density at radius 3 is 2.70 bits per heavy atom. The summed E-state index contributed by atoms with van der Waals surface area (Å²) in [7, 11) is 0. The quantitative estimate of drug-likeness (QED) is 0.526. The van der Waals surface area contributed by atoms with E-state index in [1.165, 1.54) is 11.1 Å². The molecule has 0 unspecified atom stereocenters. The molecule has 0 saturated carbocycles. The molecule has 3 aliphatic rings. The molecule has 1 atom stereocenters. The third-order valence-electron chi connectivity index (χ3n) is 6.25. The molecular formula is C23H18N4O3. The van der Waals surface area contributed by atoms with Crippen LogP contribution in [-0.4, -0.2) is 38.2 Å². The van der Waals surface area contributed by atoms with Crippen LogP contribution in [0.25, 0.3) is 22.5 Å². The molecule has 1 saturated heterocycles. The van der Waals surface area contributed by atoms with Gasteiger partial charge in [0.15, 0.2) is 0 Å². The van der Waals surface area contributed by atoms with Crippen molar-refractivity contribution >= 4 is 17.7 Å². The van der Waals surface area contributed by atoms with Gasteiger partial charge in [0.25, 0.3) is 5.91 Å². The number of benzene rings is 2. The number of imide groups is 1. The molecule has 0 radical (unpaired) electrons. The van der Waals surface area contributed by atoms with E-state index in [4.69, 9.17) is 0 Å². The third kappa shape index (κ3) is 2.38. The zero-order chi connectivity index (χ0) is 20.4. The molecule has 1 N–H and O–H groups in total. The van der Waals surface area contributed by atoms with E-state index in [1.54, 1.807) is 4.90 Å². The first-order chi connectivity index (χ1) is 14.6. The number of amides is 3. The largest absolute Gasteiger partial charge is 0.326 e. The van der Waals surface area contributed by atoms with E-state index in [0.717, 1.165) is 29.1 Å². The van der Waals surface area contributed by atoms with Gasteiger partial charge in [-0.1, -0.05) is 30.3 Å². The number of hydrogen-bond donors (Lipinski definition) is 1. The molecular weight excluding hydrogens is 380 g/mol. The average Bonchev–Trinajstić information content (AvgIpc) is 3.40. The van der Waals surface area contributed by atoms with Gasteiger partial charge in [-0.15, -0.1) is 0 Å². The van der Waals surface area contributed by atoms with Crippen molar-refractivity contribution in [1.29, 1.82) is 0 Å². The van der Waals surface area contributed by atoms with Crippen molar-refractivity contribution in [2.45, 2.75) is 32.0 Å². The summed E-state index contributed by atoms with van der Waals surface area (Å²) >= 11 is 0. The highest BCUT2D eigenvalue weighted by Crippen LogP contribution is 2.39. The molecule has 1 fully saturated rings. The van der Waals surface area contributed by atoms with Gasteiger partial charge in [-0.25, -0.2) is 4.98 Å². The average molecular weight is 398 g/mol. The van der Waals surface area contributed by atoms with Crippen LogP contribution in [0, 0.1) is 0 Å². The predicted molar refractivity (Wildman–Crippen MR) is 108 cm³/mol. The Balaban J connectivity index is 1.35. The molecule has 1 aromatic heterocycles. The molecule has 7 nitrogen and oxygen atoms in total. The Morgan fingerprint density at radius 2 is 1.83 bits per heavy atom. The minimum atomic E-state index is -0.602. The second-order valence-corrected chi connectivity index (χ2v) is 8.00. The first-order valence-electron chi connectivity index (χ1n) is 10.0. The lowest BCUT2D eigenvalue weighted by Crippen LogP contribution is -2.52. The van der Waals surface area contributed by atoms with Crippen LogP contribution < -0.4 is 5.32 Å². The summed E-state index contributed by atoms with van der Waals surface area (Å²) in [5, 5.41) is 2.34. The highest BCUT2D eigenvalue weighted by atomic mass is 16.2. The van der Waals surface area contributed by atoms with Gasteiger partial charge in [-0.2, -0.15) is 0 Å². The Kier molecular flexibility index (Phi) is 3.50. The minimum absolute atomic E-state index is 0.161. The summed E-state index contributed by atoms with van der Waals surface area (Å²) in [4.78, 5) is 42.8. The molecule has 0 spiro atoms. The number of nitrogens with zero attached hydrogens (tertiary/aromatic N) is 3. The zero-order valence-electron chi connectivity index (χ0n) is 16.1. The van der Waals surface area contributed by atoms with Gasteiger partial charge in [0.2, 0.25) is 11.8 Å². The Bertz CT molecular complexity index is 1260. The van der Waals surface area contributed by atoms with E-state index in [-0.39, 0.29) is 18.2 Å². The number of aromatic nitrogens is 2. The van der Waals surface area contributed by atoms with E-state index >= 15 is 0 Å². The number of imidazole rings is 1. The number of piperidine rings is 1. The van der Waals surface area contributed by atoms with E-state index in [9.17, 15) is 14.4 Å². The Hall–Kier alpha value is -3.74. The number of rotatable bonds is 2. The molecule has 2 aromatic carbocycles. The summed E-state index contributed by atoms with van der Waals surface area (Å²) in [5.74, 6) is -0.834. The van der Waals surface area contributed by atoms with Gasteiger partial charge in [-0.3, -0.25) is 19.7 Å². The normalized spacial score (nSPS) is 19.5. The van der Waals surface area contributed by atoms with Crippen LogP contribution in [0.2, 0.25) is 0 Å². The van der Waals surface area contributed by atoms with Crippen molar-refractivity contribution in [1.82, 2.24) is 19.8 Å². The Morgan fingerprint density at radius 1 is 0.967 bits per heavy atom. The van der Waals surface area contributed by atoms with Crippen molar-refractivity contribution in [2.24, 2.45) is 0 Å². The van der Waals surface area contributed by atoms with E-state index in [1.807, 2.05) is 36.7 Å². The van der Waals surface area contributed by atoms with Crippen LogP contribution >= 0.6 is 0 Å². The number of hydrogen-bond acceptors (Lipinski definition) is 4.